The van der Waals surface area contributed by atoms with E-state index in [0.717, 1.165) is 37.9 Å². The first-order valence-electron chi connectivity index (χ1n) is 7.12. The summed E-state index contributed by atoms with van der Waals surface area (Å²) in [6.07, 6.45) is 3.15. The minimum atomic E-state index is -0.00292. The Morgan fingerprint density at radius 3 is 2.76 bits per heavy atom. The van der Waals surface area contributed by atoms with Crippen LogP contribution in [-0.4, -0.2) is 42.7 Å². The summed E-state index contributed by atoms with van der Waals surface area (Å²) >= 11 is 0. The zero-order valence-electron chi connectivity index (χ0n) is 12.6. The molecule has 116 valence electrons. The second-order valence-electron chi connectivity index (χ2n) is 5.20. The van der Waals surface area contributed by atoms with Gasteiger partial charge >= 0.3 is 0 Å². The normalized spacial score (nSPS) is 20.3. The fourth-order valence-corrected chi connectivity index (χ4v) is 2.80. The van der Waals surface area contributed by atoms with Crippen LogP contribution < -0.4 is 15.2 Å². The highest BCUT2D eigenvalue weighted by Gasteiger charge is 2.26. The molecule has 0 aliphatic carbocycles. The smallest absolute Gasteiger partial charge is 0.161 e. The Morgan fingerprint density at radius 2 is 2.10 bits per heavy atom. The van der Waals surface area contributed by atoms with Crippen LogP contribution in [0.1, 0.15) is 24.8 Å². The second kappa shape index (κ2) is 7.17. The third-order valence-corrected chi connectivity index (χ3v) is 3.90. The molecule has 1 aliphatic rings. The Hall–Kier alpha value is -1.95. The average molecular weight is 293 g/mol. The Kier molecular flexibility index (Phi) is 5.27. The largest absolute Gasteiger partial charge is 0.493 e. The molecule has 1 saturated heterocycles. The van der Waals surface area contributed by atoms with Crippen molar-refractivity contribution in [2.24, 2.45) is 10.9 Å². The predicted octanol–water partition coefficient (Wildman–Crippen LogP) is 1.80. The number of nitrogens with zero attached hydrogens (tertiary/aromatic N) is 2. The van der Waals surface area contributed by atoms with E-state index in [2.05, 4.69) is 10.1 Å². The quantitative estimate of drug-likeness (QED) is 0.374. The van der Waals surface area contributed by atoms with Crippen molar-refractivity contribution in [3.63, 3.8) is 0 Å². The Bertz CT molecular complexity index is 505. The van der Waals surface area contributed by atoms with Crippen LogP contribution >= 0.6 is 0 Å². The summed E-state index contributed by atoms with van der Waals surface area (Å²) in [5.41, 5.74) is 6.92. The summed E-state index contributed by atoms with van der Waals surface area (Å²) in [6, 6.07) is 5.88. The zero-order valence-corrected chi connectivity index (χ0v) is 12.6. The van der Waals surface area contributed by atoms with E-state index in [-0.39, 0.29) is 11.9 Å². The maximum Gasteiger partial charge on any atom is 0.161 e. The number of nitrogens with two attached hydrogens (primary N) is 1. The highest BCUT2D eigenvalue weighted by molar-refractivity contribution is 5.85. The molecular formula is C15H23N3O3. The summed E-state index contributed by atoms with van der Waals surface area (Å²) in [7, 11) is 3.25. The van der Waals surface area contributed by atoms with Gasteiger partial charge in [-0.1, -0.05) is 17.6 Å². The number of likely N-dealkylation sites (tertiary alicyclic amines) is 1. The Balaban J connectivity index is 2.15. The third-order valence-electron chi connectivity index (χ3n) is 3.90. The minimum absolute atomic E-state index is 0.00292. The molecule has 1 atom stereocenters. The molecular weight excluding hydrogens is 270 g/mol. The van der Waals surface area contributed by atoms with Crippen LogP contribution in [0.5, 0.6) is 11.5 Å². The summed E-state index contributed by atoms with van der Waals surface area (Å²) in [5.74, 6) is 1.72. The van der Waals surface area contributed by atoms with Crippen molar-refractivity contribution in [1.82, 2.24) is 4.90 Å². The fourth-order valence-electron chi connectivity index (χ4n) is 2.80. The van der Waals surface area contributed by atoms with Gasteiger partial charge in [0.15, 0.2) is 17.3 Å². The van der Waals surface area contributed by atoms with Gasteiger partial charge in [-0.3, -0.25) is 4.90 Å². The SMILES string of the molecule is COc1ccc(CN2CCCCC2C(N)=NO)cc1OC. The van der Waals surface area contributed by atoms with Crippen LogP contribution in [0.4, 0.5) is 0 Å². The number of hydrogen-bond acceptors (Lipinski definition) is 5. The molecule has 1 fully saturated rings. The highest BCUT2D eigenvalue weighted by Crippen LogP contribution is 2.29. The number of piperidine rings is 1. The lowest BCUT2D eigenvalue weighted by Crippen LogP contribution is -2.47. The molecule has 0 aromatic heterocycles. The zero-order chi connectivity index (χ0) is 15.2. The number of benzene rings is 1. The number of rotatable bonds is 5. The maximum absolute atomic E-state index is 8.92. The summed E-state index contributed by atoms with van der Waals surface area (Å²) in [6.45, 7) is 1.68. The van der Waals surface area contributed by atoms with Crippen LogP contribution in [0.25, 0.3) is 0 Å². The van der Waals surface area contributed by atoms with Gasteiger partial charge in [0, 0.05) is 6.54 Å². The summed E-state index contributed by atoms with van der Waals surface area (Å²) in [5, 5.41) is 12.1. The van der Waals surface area contributed by atoms with Crippen LogP contribution in [0.3, 0.4) is 0 Å². The van der Waals surface area contributed by atoms with Crippen molar-refractivity contribution in [3.05, 3.63) is 23.8 Å². The van der Waals surface area contributed by atoms with Crippen molar-refractivity contribution in [2.75, 3.05) is 20.8 Å². The minimum Gasteiger partial charge on any atom is -0.493 e. The molecule has 1 unspecified atom stereocenters. The van der Waals surface area contributed by atoms with Crippen molar-refractivity contribution < 1.29 is 14.7 Å². The lowest BCUT2D eigenvalue weighted by molar-refractivity contribution is 0.178. The van der Waals surface area contributed by atoms with Crippen LogP contribution in [0, 0.1) is 0 Å². The molecule has 1 aromatic carbocycles. The first kappa shape index (κ1) is 15.4. The Labute approximate surface area is 125 Å². The van der Waals surface area contributed by atoms with E-state index < -0.39 is 0 Å². The molecule has 21 heavy (non-hydrogen) atoms. The second-order valence-corrected chi connectivity index (χ2v) is 5.20. The molecule has 3 N–H and O–H groups in total. The Morgan fingerprint density at radius 1 is 1.33 bits per heavy atom. The third kappa shape index (κ3) is 3.58. The average Bonchev–Trinajstić information content (AvgIpc) is 2.54. The number of oxime groups is 1. The molecule has 2 rings (SSSR count). The van der Waals surface area contributed by atoms with E-state index in [1.807, 2.05) is 18.2 Å². The maximum atomic E-state index is 8.92. The van der Waals surface area contributed by atoms with Crippen LogP contribution in [0.15, 0.2) is 23.4 Å². The number of hydrogen-bond donors (Lipinski definition) is 2. The molecule has 0 amide bonds. The van der Waals surface area contributed by atoms with E-state index in [1.165, 1.54) is 0 Å². The van der Waals surface area contributed by atoms with Gasteiger partial charge in [0.1, 0.15) is 0 Å². The molecule has 0 spiro atoms. The molecule has 1 heterocycles. The highest BCUT2D eigenvalue weighted by atomic mass is 16.5. The van der Waals surface area contributed by atoms with E-state index in [1.54, 1.807) is 14.2 Å². The van der Waals surface area contributed by atoms with E-state index >= 15 is 0 Å². The van der Waals surface area contributed by atoms with Gasteiger partial charge in [-0.25, -0.2) is 0 Å². The molecule has 0 bridgehead atoms. The van der Waals surface area contributed by atoms with E-state index in [4.69, 9.17) is 20.4 Å². The summed E-state index contributed by atoms with van der Waals surface area (Å²) in [4.78, 5) is 2.24. The molecule has 6 nitrogen and oxygen atoms in total. The number of ether oxygens (including phenoxy) is 2. The van der Waals surface area contributed by atoms with E-state index in [9.17, 15) is 0 Å². The van der Waals surface area contributed by atoms with Gasteiger partial charge in [0.25, 0.3) is 0 Å². The van der Waals surface area contributed by atoms with Gasteiger partial charge in [0.2, 0.25) is 0 Å². The van der Waals surface area contributed by atoms with Crippen LogP contribution in [0.2, 0.25) is 0 Å². The van der Waals surface area contributed by atoms with Gasteiger partial charge in [-0.15, -0.1) is 0 Å². The number of amidine groups is 1. The van der Waals surface area contributed by atoms with Gasteiger partial charge < -0.3 is 20.4 Å². The molecule has 0 saturated carbocycles. The van der Waals surface area contributed by atoms with E-state index in [0.29, 0.717) is 11.5 Å². The number of methoxy groups -OCH3 is 2. The molecule has 1 aliphatic heterocycles. The lowest BCUT2D eigenvalue weighted by atomic mass is 10.0. The predicted molar refractivity (Wildman–Crippen MR) is 81.0 cm³/mol. The molecule has 0 radical (unpaired) electrons. The van der Waals surface area contributed by atoms with Crippen molar-refractivity contribution >= 4 is 5.84 Å². The fraction of sp³-hybridized carbons (Fsp3) is 0.533. The monoisotopic (exact) mass is 293 g/mol. The van der Waals surface area contributed by atoms with Gasteiger partial charge in [0.05, 0.1) is 20.3 Å². The van der Waals surface area contributed by atoms with Crippen molar-refractivity contribution in [2.45, 2.75) is 31.8 Å². The summed E-state index contributed by atoms with van der Waals surface area (Å²) < 4.78 is 10.6. The molecule has 6 heteroatoms. The van der Waals surface area contributed by atoms with Crippen molar-refractivity contribution in [3.8, 4) is 11.5 Å². The van der Waals surface area contributed by atoms with Crippen LogP contribution in [-0.2, 0) is 6.54 Å². The van der Waals surface area contributed by atoms with Gasteiger partial charge in [-0.05, 0) is 37.1 Å². The van der Waals surface area contributed by atoms with Gasteiger partial charge in [-0.2, -0.15) is 0 Å². The first-order valence-corrected chi connectivity index (χ1v) is 7.12. The van der Waals surface area contributed by atoms with Crippen molar-refractivity contribution in [1.29, 1.82) is 0 Å². The standard InChI is InChI=1S/C15H23N3O3/c1-20-13-7-6-11(9-14(13)21-2)10-18-8-4-3-5-12(18)15(16)17-19/h6-7,9,12,19H,3-5,8,10H2,1-2H3,(H2,16,17). The first-order chi connectivity index (χ1) is 10.2. The lowest BCUT2D eigenvalue weighted by Gasteiger charge is -2.34. The molecule has 1 aromatic rings. The topological polar surface area (TPSA) is 80.3 Å².